The Bertz CT molecular complexity index is 514. The van der Waals surface area contributed by atoms with E-state index in [0.29, 0.717) is 4.90 Å². The summed E-state index contributed by atoms with van der Waals surface area (Å²) in [6.07, 6.45) is 1.70. The van der Waals surface area contributed by atoms with Gasteiger partial charge < -0.3 is 5.11 Å². The topological polar surface area (TPSA) is 50.2 Å². The van der Waals surface area contributed by atoms with Gasteiger partial charge in [-0.2, -0.15) is 0 Å². The lowest BCUT2D eigenvalue weighted by molar-refractivity contribution is 0.0693. The van der Waals surface area contributed by atoms with Crippen LogP contribution in [0.2, 0.25) is 0 Å². The molecule has 0 unspecified atom stereocenters. The molecule has 1 aromatic carbocycles. The first kappa shape index (κ1) is 11.6. The van der Waals surface area contributed by atoms with E-state index in [1.165, 1.54) is 23.1 Å². The Kier molecular flexibility index (Phi) is 3.63. The maximum Gasteiger partial charge on any atom is 0.336 e. The van der Waals surface area contributed by atoms with Crippen molar-refractivity contribution in [1.82, 2.24) is 4.98 Å². The van der Waals surface area contributed by atoms with Gasteiger partial charge in [-0.25, -0.2) is 9.78 Å². The van der Waals surface area contributed by atoms with Crippen LogP contribution in [0.15, 0.2) is 43.5 Å². The summed E-state index contributed by atoms with van der Waals surface area (Å²) in [5.74, 6) is -0.930. The van der Waals surface area contributed by atoms with Crippen molar-refractivity contribution in [2.75, 3.05) is 0 Å². The van der Waals surface area contributed by atoms with E-state index in [2.05, 4.69) is 20.9 Å². The van der Waals surface area contributed by atoms with E-state index in [4.69, 9.17) is 5.11 Å². The van der Waals surface area contributed by atoms with Crippen molar-refractivity contribution in [3.8, 4) is 0 Å². The average molecular weight is 316 g/mol. The molecule has 0 saturated carbocycles. The standard InChI is InChI=1S/C10H6BrNO2S2/c11-6-1-2-8(7(5-6)9(13)14)16-10-12-3-4-15-10/h1-5H,(H,13,14). The number of halogens is 1. The molecule has 16 heavy (non-hydrogen) atoms. The summed E-state index contributed by atoms with van der Waals surface area (Å²) >= 11 is 6.11. The lowest BCUT2D eigenvalue weighted by Crippen LogP contribution is -1.98. The molecule has 1 aromatic heterocycles. The largest absolute Gasteiger partial charge is 0.478 e. The fourth-order valence-electron chi connectivity index (χ4n) is 1.11. The summed E-state index contributed by atoms with van der Waals surface area (Å²) in [5, 5.41) is 10.9. The number of nitrogens with zero attached hydrogens (tertiary/aromatic N) is 1. The SMILES string of the molecule is O=C(O)c1cc(Br)ccc1Sc1nccs1. The van der Waals surface area contributed by atoms with Gasteiger partial charge in [0.1, 0.15) is 0 Å². The molecule has 0 amide bonds. The van der Waals surface area contributed by atoms with Gasteiger partial charge in [0.15, 0.2) is 4.34 Å². The lowest BCUT2D eigenvalue weighted by Gasteiger charge is -2.03. The first-order chi connectivity index (χ1) is 7.66. The van der Waals surface area contributed by atoms with Crippen molar-refractivity contribution >= 4 is 45.0 Å². The number of thiazole rings is 1. The second-order valence-electron chi connectivity index (χ2n) is 2.85. The molecule has 2 rings (SSSR count). The third-order valence-corrected chi connectivity index (χ3v) is 4.23. The van der Waals surface area contributed by atoms with E-state index < -0.39 is 5.97 Å². The van der Waals surface area contributed by atoms with E-state index in [1.807, 2.05) is 11.4 Å². The molecule has 1 N–H and O–H groups in total. The zero-order chi connectivity index (χ0) is 11.5. The van der Waals surface area contributed by atoms with Crippen LogP contribution in [0.4, 0.5) is 0 Å². The highest BCUT2D eigenvalue weighted by atomic mass is 79.9. The number of aromatic carboxylic acids is 1. The van der Waals surface area contributed by atoms with Crippen LogP contribution in [-0.2, 0) is 0 Å². The molecule has 2 aromatic rings. The van der Waals surface area contributed by atoms with Crippen molar-refractivity contribution in [2.45, 2.75) is 9.24 Å². The van der Waals surface area contributed by atoms with Crippen molar-refractivity contribution in [1.29, 1.82) is 0 Å². The summed E-state index contributed by atoms with van der Waals surface area (Å²) < 4.78 is 1.60. The van der Waals surface area contributed by atoms with Crippen molar-refractivity contribution in [2.24, 2.45) is 0 Å². The maximum atomic E-state index is 11.1. The number of rotatable bonds is 3. The fraction of sp³-hybridized carbons (Fsp3) is 0. The van der Waals surface area contributed by atoms with Crippen LogP contribution in [0.3, 0.4) is 0 Å². The van der Waals surface area contributed by atoms with Gasteiger partial charge in [0.05, 0.1) is 5.56 Å². The van der Waals surface area contributed by atoms with E-state index >= 15 is 0 Å². The van der Waals surface area contributed by atoms with Crippen LogP contribution in [0.5, 0.6) is 0 Å². The van der Waals surface area contributed by atoms with Gasteiger partial charge in [-0.05, 0) is 18.2 Å². The minimum Gasteiger partial charge on any atom is -0.478 e. The molecular weight excluding hydrogens is 310 g/mol. The van der Waals surface area contributed by atoms with Crippen LogP contribution < -0.4 is 0 Å². The second kappa shape index (κ2) is 4.99. The fourth-order valence-corrected chi connectivity index (χ4v) is 3.16. The van der Waals surface area contributed by atoms with Gasteiger partial charge in [0.25, 0.3) is 0 Å². The molecule has 1 heterocycles. The third kappa shape index (κ3) is 2.63. The summed E-state index contributed by atoms with van der Waals surface area (Å²) in [5.41, 5.74) is 0.287. The summed E-state index contributed by atoms with van der Waals surface area (Å²) in [4.78, 5) is 15.9. The van der Waals surface area contributed by atoms with E-state index in [9.17, 15) is 4.79 Å². The van der Waals surface area contributed by atoms with Crippen LogP contribution >= 0.6 is 39.0 Å². The molecule has 0 fully saturated rings. The van der Waals surface area contributed by atoms with Crippen LogP contribution in [0, 0.1) is 0 Å². The number of carboxylic acids is 1. The quantitative estimate of drug-likeness (QED) is 0.937. The van der Waals surface area contributed by atoms with Gasteiger partial charge in [-0.1, -0.05) is 27.7 Å². The number of benzene rings is 1. The van der Waals surface area contributed by atoms with E-state index in [0.717, 1.165) is 8.81 Å². The number of hydrogen-bond donors (Lipinski definition) is 1. The third-order valence-electron chi connectivity index (χ3n) is 1.78. The number of hydrogen-bond acceptors (Lipinski definition) is 4. The summed E-state index contributed by atoms with van der Waals surface area (Å²) in [6, 6.07) is 5.19. The molecule has 82 valence electrons. The van der Waals surface area contributed by atoms with Crippen LogP contribution in [0.1, 0.15) is 10.4 Å². The number of carboxylic acid groups (broad SMARTS) is 1. The highest BCUT2D eigenvalue weighted by Gasteiger charge is 2.12. The molecule has 0 aliphatic rings. The lowest BCUT2D eigenvalue weighted by atomic mass is 10.2. The molecule has 0 spiro atoms. The molecule has 0 aliphatic heterocycles. The van der Waals surface area contributed by atoms with Gasteiger partial charge in [-0.15, -0.1) is 11.3 Å². The minimum atomic E-state index is -0.930. The Morgan fingerprint density at radius 1 is 1.50 bits per heavy atom. The van der Waals surface area contributed by atoms with Crippen LogP contribution in [-0.4, -0.2) is 16.1 Å². The first-order valence-electron chi connectivity index (χ1n) is 4.27. The summed E-state index contributed by atoms with van der Waals surface area (Å²) in [6.45, 7) is 0. The smallest absolute Gasteiger partial charge is 0.336 e. The Hall–Kier alpha value is -0.850. The molecule has 0 radical (unpaired) electrons. The number of aromatic nitrogens is 1. The normalized spacial score (nSPS) is 10.3. The van der Waals surface area contributed by atoms with Gasteiger partial charge in [-0.3, -0.25) is 0 Å². The monoisotopic (exact) mass is 315 g/mol. The summed E-state index contributed by atoms with van der Waals surface area (Å²) in [7, 11) is 0. The van der Waals surface area contributed by atoms with Crippen LogP contribution in [0.25, 0.3) is 0 Å². The van der Waals surface area contributed by atoms with Crippen molar-refractivity contribution in [3.05, 3.63) is 39.8 Å². The zero-order valence-corrected chi connectivity index (χ0v) is 11.1. The maximum absolute atomic E-state index is 11.1. The zero-order valence-electron chi connectivity index (χ0n) is 7.88. The minimum absolute atomic E-state index is 0.287. The van der Waals surface area contributed by atoms with Gasteiger partial charge in [0.2, 0.25) is 0 Å². The van der Waals surface area contributed by atoms with Crippen molar-refractivity contribution in [3.63, 3.8) is 0 Å². The highest BCUT2D eigenvalue weighted by Crippen LogP contribution is 2.33. The second-order valence-corrected chi connectivity index (χ2v) is 5.95. The predicted octanol–water partition coefficient (Wildman–Crippen LogP) is 3.76. The van der Waals surface area contributed by atoms with Gasteiger partial charge >= 0.3 is 5.97 Å². The predicted molar refractivity (Wildman–Crippen MR) is 67.3 cm³/mol. The average Bonchev–Trinajstić information content (AvgIpc) is 2.73. The Morgan fingerprint density at radius 2 is 2.31 bits per heavy atom. The molecule has 0 saturated heterocycles. The Morgan fingerprint density at radius 3 is 2.94 bits per heavy atom. The number of carbonyl (C=O) groups is 1. The Balaban J connectivity index is 2.36. The molecule has 3 nitrogen and oxygen atoms in total. The van der Waals surface area contributed by atoms with E-state index in [1.54, 1.807) is 18.3 Å². The molecular formula is C10H6BrNO2S2. The highest BCUT2D eigenvalue weighted by molar-refractivity contribution is 9.10. The van der Waals surface area contributed by atoms with E-state index in [-0.39, 0.29) is 5.56 Å². The first-order valence-corrected chi connectivity index (χ1v) is 6.76. The molecule has 0 atom stereocenters. The Labute approximate surface area is 109 Å². The van der Waals surface area contributed by atoms with Crippen molar-refractivity contribution < 1.29 is 9.90 Å². The molecule has 0 bridgehead atoms. The molecule has 0 aliphatic carbocycles. The van der Waals surface area contributed by atoms with Gasteiger partial charge in [0, 0.05) is 20.9 Å². The molecule has 6 heteroatoms.